The first-order valence-electron chi connectivity index (χ1n) is 18.6. The minimum Gasteiger partial charge on any atom is -0.393 e. The summed E-state index contributed by atoms with van der Waals surface area (Å²) >= 11 is 2.61. The molecule has 1 saturated carbocycles. The van der Waals surface area contributed by atoms with Crippen molar-refractivity contribution in [2.45, 2.75) is 206 Å². The zero-order chi connectivity index (χ0) is 29.6. The summed E-state index contributed by atoms with van der Waals surface area (Å²) in [6.07, 6.45) is 33.2. The van der Waals surface area contributed by atoms with Crippen LogP contribution in [-0.2, 0) is 0 Å². The van der Waals surface area contributed by atoms with Gasteiger partial charge in [0.1, 0.15) is 0 Å². The largest absolute Gasteiger partial charge is 0.393 e. The second-order valence-corrected chi connectivity index (χ2v) is 16.7. The standard InChI is InChI=1S/C38H75IO/c1-7-19-35(29-36-24-14-11-15-25-36)23-13-10-12-22-34(9-3)28-32(5)20-16-17-26-37(33(6)39)30-38(40)27-18-21-31(4)8-2/h31-38,40H,7-30H2,1-6H3/t31-,32?,33?,34+,35?,37?,38?/m0/s1. The van der Waals surface area contributed by atoms with Crippen molar-refractivity contribution < 1.29 is 5.11 Å². The Hall–Kier alpha value is 0.690. The third-order valence-electron chi connectivity index (χ3n) is 10.8. The van der Waals surface area contributed by atoms with Crippen molar-refractivity contribution in [2.75, 3.05) is 0 Å². The van der Waals surface area contributed by atoms with Gasteiger partial charge < -0.3 is 5.11 Å². The van der Waals surface area contributed by atoms with Crippen molar-refractivity contribution >= 4 is 22.6 Å². The van der Waals surface area contributed by atoms with Crippen LogP contribution in [0.4, 0.5) is 0 Å². The SMILES string of the molecule is CCCC(CCCCC[C@@H](CC)CC(C)CCCCC(CC(O)CCC[C@@H](C)CC)C(C)I)CC1CCCCC1. The van der Waals surface area contributed by atoms with Gasteiger partial charge in [0, 0.05) is 3.92 Å². The van der Waals surface area contributed by atoms with Crippen molar-refractivity contribution in [3.05, 3.63) is 0 Å². The molecule has 0 radical (unpaired) electrons. The van der Waals surface area contributed by atoms with E-state index in [1.807, 2.05) is 0 Å². The van der Waals surface area contributed by atoms with Gasteiger partial charge >= 0.3 is 0 Å². The zero-order valence-electron chi connectivity index (χ0n) is 28.4. The molecule has 1 nitrogen and oxygen atoms in total. The van der Waals surface area contributed by atoms with Gasteiger partial charge in [0.2, 0.25) is 0 Å². The number of hydrogen-bond acceptors (Lipinski definition) is 1. The van der Waals surface area contributed by atoms with E-state index in [-0.39, 0.29) is 6.10 Å². The highest BCUT2D eigenvalue weighted by atomic mass is 127. The topological polar surface area (TPSA) is 20.2 Å². The second kappa shape index (κ2) is 25.1. The number of aliphatic hydroxyl groups excluding tert-OH is 1. The number of unbranched alkanes of at least 4 members (excludes halogenated alkanes) is 3. The highest BCUT2D eigenvalue weighted by Gasteiger charge is 2.20. The highest BCUT2D eigenvalue weighted by Crippen LogP contribution is 2.33. The predicted molar refractivity (Wildman–Crippen MR) is 190 cm³/mol. The van der Waals surface area contributed by atoms with E-state index in [2.05, 4.69) is 64.1 Å². The summed E-state index contributed by atoms with van der Waals surface area (Å²) in [5.74, 6) is 5.37. The lowest BCUT2D eigenvalue weighted by Gasteiger charge is -2.26. The maximum Gasteiger partial charge on any atom is 0.0543 e. The van der Waals surface area contributed by atoms with Crippen LogP contribution in [0.2, 0.25) is 0 Å². The molecule has 1 aliphatic rings. The van der Waals surface area contributed by atoms with Crippen LogP contribution < -0.4 is 0 Å². The van der Waals surface area contributed by atoms with E-state index in [0.29, 0.717) is 9.84 Å². The van der Waals surface area contributed by atoms with Gasteiger partial charge in [0.05, 0.1) is 6.10 Å². The first-order chi connectivity index (χ1) is 19.3. The highest BCUT2D eigenvalue weighted by molar-refractivity contribution is 14.1. The van der Waals surface area contributed by atoms with Crippen LogP contribution in [0.25, 0.3) is 0 Å². The van der Waals surface area contributed by atoms with Crippen LogP contribution >= 0.6 is 22.6 Å². The number of rotatable bonds is 26. The van der Waals surface area contributed by atoms with Gasteiger partial charge in [-0.1, -0.05) is 186 Å². The van der Waals surface area contributed by atoms with Crippen LogP contribution in [0, 0.1) is 35.5 Å². The van der Waals surface area contributed by atoms with Crippen LogP contribution in [0.15, 0.2) is 0 Å². The molecule has 1 N–H and O–H groups in total. The fraction of sp³-hybridized carbons (Fsp3) is 1.00. The molecule has 0 bridgehead atoms. The fourth-order valence-electron chi connectivity index (χ4n) is 7.71. The van der Waals surface area contributed by atoms with E-state index < -0.39 is 0 Å². The molecule has 1 rings (SSSR count). The fourth-order valence-corrected chi connectivity index (χ4v) is 8.36. The molecular formula is C38H75IO. The Labute approximate surface area is 267 Å². The van der Waals surface area contributed by atoms with Crippen LogP contribution in [0.1, 0.15) is 196 Å². The number of hydrogen-bond donors (Lipinski definition) is 1. The Morgan fingerprint density at radius 1 is 0.625 bits per heavy atom. The summed E-state index contributed by atoms with van der Waals surface area (Å²) in [5.41, 5.74) is 0. The van der Waals surface area contributed by atoms with E-state index >= 15 is 0 Å². The van der Waals surface area contributed by atoms with Crippen molar-refractivity contribution in [2.24, 2.45) is 35.5 Å². The molecular weight excluding hydrogens is 599 g/mol. The molecule has 0 saturated heterocycles. The molecule has 0 aromatic rings. The summed E-state index contributed by atoms with van der Waals surface area (Å²) in [5, 5.41) is 10.6. The molecule has 1 aliphatic carbocycles. The quantitative estimate of drug-likeness (QED) is 0.0550. The molecule has 5 unspecified atom stereocenters. The molecule has 2 heteroatoms. The lowest BCUT2D eigenvalue weighted by molar-refractivity contribution is 0.126. The molecule has 0 aliphatic heterocycles. The number of halogens is 1. The van der Waals surface area contributed by atoms with Gasteiger partial charge in [-0.3, -0.25) is 0 Å². The lowest BCUT2D eigenvalue weighted by Crippen LogP contribution is -2.19. The molecule has 0 amide bonds. The Bertz CT molecular complexity index is 542. The first kappa shape index (κ1) is 38.7. The second-order valence-electron chi connectivity index (χ2n) is 14.7. The van der Waals surface area contributed by atoms with Crippen LogP contribution in [-0.4, -0.2) is 15.1 Å². The van der Waals surface area contributed by atoms with E-state index in [1.54, 1.807) is 6.42 Å². The molecule has 1 fully saturated rings. The van der Waals surface area contributed by atoms with E-state index in [4.69, 9.17) is 0 Å². The molecule has 0 heterocycles. The first-order valence-corrected chi connectivity index (χ1v) is 19.8. The lowest BCUT2D eigenvalue weighted by atomic mass is 9.80. The Morgan fingerprint density at radius 3 is 1.88 bits per heavy atom. The number of aliphatic hydroxyl groups is 1. The van der Waals surface area contributed by atoms with E-state index in [0.717, 1.165) is 42.4 Å². The van der Waals surface area contributed by atoms with Gasteiger partial charge in [0.25, 0.3) is 0 Å². The van der Waals surface area contributed by atoms with Gasteiger partial charge in [-0.25, -0.2) is 0 Å². The minimum atomic E-state index is -0.0927. The van der Waals surface area contributed by atoms with Gasteiger partial charge in [0.15, 0.2) is 0 Å². The average Bonchev–Trinajstić information content (AvgIpc) is 2.94. The summed E-state index contributed by atoms with van der Waals surface area (Å²) in [6, 6.07) is 0. The third kappa shape index (κ3) is 19.8. The maximum absolute atomic E-state index is 10.6. The van der Waals surface area contributed by atoms with E-state index in [1.165, 1.54) is 135 Å². The summed E-state index contributed by atoms with van der Waals surface area (Å²) in [4.78, 5) is 0. The average molecular weight is 675 g/mol. The van der Waals surface area contributed by atoms with Crippen molar-refractivity contribution in [1.29, 1.82) is 0 Å². The van der Waals surface area contributed by atoms with E-state index in [9.17, 15) is 5.11 Å². The Morgan fingerprint density at radius 2 is 1.25 bits per heavy atom. The molecule has 7 atom stereocenters. The molecule has 0 aromatic heterocycles. The Kier molecular flexibility index (Phi) is 24.3. The molecule has 240 valence electrons. The maximum atomic E-state index is 10.6. The van der Waals surface area contributed by atoms with Crippen LogP contribution in [0.3, 0.4) is 0 Å². The molecule has 40 heavy (non-hydrogen) atoms. The monoisotopic (exact) mass is 674 g/mol. The smallest absolute Gasteiger partial charge is 0.0543 e. The molecule has 0 spiro atoms. The summed E-state index contributed by atoms with van der Waals surface area (Å²) < 4.78 is 0.660. The van der Waals surface area contributed by atoms with Crippen molar-refractivity contribution in [3.8, 4) is 0 Å². The van der Waals surface area contributed by atoms with Gasteiger partial charge in [-0.15, -0.1) is 0 Å². The van der Waals surface area contributed by atoms with Gasteiger partial charge in [-0.2, -0.15) is 0 Å². The normalized spacial score (nSPS) is 20.1. The zero-order valence-corrected chi connectivity index (χ0v) is 30.6. The Balaban J connectivity index is 2.20. The minimum absolute atomic E-state index is 0.0927. The van der Waals surface area contributed by atoms with Crippen LogP contribution in [0.5, 0.6) is 0 Å². The number of alkyl halides is 1. The third-order valence-corrected chi connectivity index (χ3v) is 11.8. The summed E-state index contributed by atoms with van der Waals surface area (Å²) in [6.45, 7) is 14.3. The molecule has 0 aromatic carbocycles. The van der Waals surface area contributed by atoms with Crippen molar-refractivity contribution in [1.82, 2.24) is 0 Å². The predicted octanol–water partition coefficient (Wildman–Crippen LogP) is 13.3. The summed E-state index contributed by atoms with van der Waals surface area (Å²) in [7, 11) is 0. The van der Waals surface area contributed by atoms with Gasteiger partial charge in [-0.05, 0) is 67.6 Å². The van der Waals surface area contributed by atoms with Crippen molar-refractivity contribution in [3.63, 3.8) is 0 Å².